The number of nitrogens with zero attached hydrogens (tertiary/aromatic N) is 2. The molecule has 0 spiro atoms. The maximum atomic E-state index is 5.74. The summed E-state index contributed by atoms with van der Waals surface area (Å²) in [6, 6.07) is 11.4. The fourth-order valence-electron chi connectivity index (χ4n) is 1.93. The number of unbranched alkanes of at least 4 members (excludes halogenated alkanes) is 2. The van der Waals surface area contributed by atoms with Gasteiger partial charge in [0.1, 0.15) is 5.75 Å². The highest BCUT2D eigenvalue weighted by molar-refractivity contribution is 5.33. The molecule has 2 rings (SSSR count). The second kappa shape index (κ2) is 8.21. The number of nitrogens with two attached hydrogens (primary N) is 1. The number of para-hydroxylation sites is 1. The second-order valence-electron chi connectivity index (χ2n) is 4.86. The van der Waals surface area contributed by atoms with Crippen LogP contribution in [0.2, 0.25) is 0 Å². The van der Waals surface area contributed by atoms with E-state index < -0.39 is 0 Å². The SMILES string of the molecule is Cc1cc(Oc2ccccc2)nc(NCCCCCN)n1. The molecule has 0 aliphatic rings. The van der Waals surface area contributed by atoms with Crippen LogP contribution in [-0.4, -0.2) is 23.1 Å². The van der Waals surface area contributed by atoms with Gasteiger partial charge in [0.2, 0.25) is 11.8 Å². The number of aryl methyl sites for hydroxylation is 1. The van der Waals surface area contributed by atoms with Gasteiger partial charge in [-0.25, -0.2) is 4.98 Å². The molecule has 0 fully saturated rings. The third kappa shape index (κ3) is 5.39. The van der Waals surface area contributed by atoms with Gasteiger partial charge < -0.3 is 15.8 Å². The molecule has 1 aromatic heterocycles. The summed E-state index contributed by atoms with van der Waals surface area (Å²) in [6.45, 7) is 3.52. The van der Waals surface area contributed by atoms with E-state index in [0.717, 1.165) is 43.8 Å². The molecular formula is C16H22N4O. The van der Waals surface area contributed by atoms with Gasteiger partial charge in [0.15, 0.2) is 0 Å². The van der Waals surface area contributed by atoms with E-state index in [2.05, 4.69) is 15.3 Å². The van der Waals surface area contributed by atoms with Crippen LogP contribution < -0.4 is 15.8 Å². The quantitative estimate of drug-likeness (QED) is 0.729. The van der Waals surface area contributed by atoms with Crippen molar-refractivity contribution in [3.63, 3.8) is 0 Å². The minimum atomic E-state index is 0.554. The van der Waals surface area contributed by atoms with Gasteiger partial charge in [0.25, 0.3) is 0 Å². The van der Waals surface area contributed by atoms with Crippen molar-refractivity contribution < 1.29 is 4.74 Å². The first kappa shape index (κ1) is 15.3. The molecule has 0 saturated carbocycles. The molecule has 3 N–H and O–H groups in total. The smallest absolute Gasteiger partial charge is 0.226 e. The zero-order chi connectivity index (χ0) is 14.9. The lowest BCUT2D eigenvalue weighted by Gasteiger charge is -2.09. The minimum Gasteiger partial charge on any atom is -0.439 e. The molecule has 0 aliphatic heterocycles. The number of aromatic nitrogens is 2. The number of anilines is 1. The first-order chi connectivity index (χ1) is 10.3. The van der Waals surface area contributed by atoms with Gasteiger partial charge >= 0.3 is 0 Å². The lowest BCUT2D eigenvalue weighted by atomic mass is 10.2. The standard InChI is InChI=1S/C16H22N4O/c1-13-12-15(21-14-8-4-2-5-9-14)20-16(19-13)18-11-7-3-6-10-17/h2,4-5,8-9,12H,3,6-7,10-11,17H2,1H3,(H,18,19,20). The molecule has 112 valence electrons. The van der Waals surface area contributed by atoms with Gasteiger partial charge in [-0.05, 0) is 38.4 Å². The third-order valence-corrected chi connectivity index (χ3v) is 2.96. The first-order valence-corrected chi connectivity index (χ1v) is 7.30. The van der Waals surface area contributed by atoms with Crippen LogP contribution >= 0.6 is 0 Å². The predicted molar refractivity (Wildman–Crippen MR) is 84.7 cm³/mol. The van der Waals surface area contributed by atoms with Crippen molar-refractivity contribution in [1.29, 1.82) is 0 Å². The van der Waals surface area contributed by atoms with E-state index in [-0.39, 0.29) is 0 Å². The van der Waals surface area contributed by atoms with Crippen molar-refractivity contribution in [2.24, 2.45) is 5.73 Å². The summed E-state index contributed by atoms with van der Waals surface area (Å²) < 4.78 is 5.74. The van der Waals surface area contributed by atoms with Crippen LogP contribution in [0.25, 0.3) is 0 Å². The van der Waals surface area contributed by atoms with E-state index in [1.54, 1.807) is 0 Å². The topological polar surface area (TPSA) is 73.1 Å². The van der Waals surface area contributed by atoms with E-state index in [4.69, 9.17) is 10.5 Å². The van der Waals surface area contributed by atoms with Crippen LogP contribution in [0.3, 0.4) is 0 Å². The molecule has 5 nitrogen and oxygen atoms in total. The highest BCUT2D eigenvalue weighted by atomic mass is 16.5. The Morgan fingerprint density at radius 3 is 2.67 bits per heavy atom. The van der Waals surface area contributed by atoms with Crippen LogP contribution in [0.1, 0.15) is 25.0 Å². The van der Waals surface area contributed by atoms with Gasteiger partial charge in [-0.2, -0.15) is 4.98 Å². The molecule has 0 bridgehead atoms. The van der Waals surface area contributed by atoms with Crippen LogP contribution in [0, 0.1) is 6.92 Å². The van der Waals surface area contributed by atoms with Crippen LogP contribution in [0.4, 0.5) is 5.95 Å². The molecule has 5 heteroatoms. The van der Waals surface area contributed by atoms with Crippen LogP contribution in [0.5, 0.6) is 11.6 Å². The number of hydrogen-bond donors (Lipinski definition) is 2. The van der Waals surface area contributed by atoms with E-state index in [9.17, 15) is 0 Å². The van der Waals surface area contributed by atoms with Crippen molar-refractivity contribution in [3.05, 3.63) is 42.1 Å². The maximum absolute atomic E-state index is 5.74. The molecule has 1 heterocycles. The number of rotatable bonds is 8. The van der Waals surface area contributed by atoms with E-state index in [1.165, 1.54) is 0 Å². The monoisotopic (exact) mass is 286 g/mol. The van der Waals surface area contributed by atoms with Gasteiger partial charge in [-0.15, -0.1) is 0 Å². The summed E-state index contributed by atoms with van der Waals surface area (Å²) in [4.78, 5) is 8.74. The molecule has 1 aromatic carbocycles. The summed E-state index contributed by atoms with van der Waals surface area (Å²) in [6.07, 6.45) is 3.23. The molecule has 0 radical (unpaired) electrons. The lowest BCUT2D eigenvalue weighted by Crippen LogP contribution is -2.07. The van der Waals surface area contributed by atoms with Gasteiger partial charge in [0.05, 0.1) is 0 Å². The molecule has 0 unspecified atom stereocenters. The number of hydrogen-bond acceptors (Lipinski definition) is 5. The Morgan fingerprint density at radius 1 is 1.10 bits per heavy atom. The largest absolute Gasteiger partial charge is 0.439 e. The van der Waals surface area contributed by atoms with Crippen molar-refractivity contribution in [2.45, 2.75) is 26.2 Å². The van der Waals surface area contributed by atoms with Crippen LogP contribution in [-0.2, 0) is 0 Å². The summed E-state index contributed by atoms with van der Waals surface area (Å²) >= 11 is 0. The Morgan fingerprint density at radius 2 is 1.90 bits per heavy atom. The summed E-state index contributed by atoms with van der Waals surface area (Å²) in [5, 5.41) is 3.23. The van der Waals surface area contributed by atoms with Gasteiger partial charge in [-0.3, -0.25) is 0 Å². The third-order valence-electron chi connectivity index (χ3n) is 2.96. The van der Waals surface area contributed by atoms with Gasteiger partial charge in [0, 0.05) is 18.3 Å². The van der Waals surface area contributed by atoms with Crippen molar-refractivity contribution in [1.82, 2.24) is 9.97 Å². The van der Waals surface area contributed by atoms with E-state index in [1.807, 2.05) is 43.3 Å². The zero-order valence-electron chi connectivity index (χ0n) is 12.4. The zero-order valence-corrected chi connectivity index (χ0v) is 12.4. The molecule has 2 aromatic rings. The normalized spacial score (nSPS) is 10.4. The average molecular weight is 286 g/mol. The van der Waals surface area contributed by atoms with E-state index in [0.29, 0.717) is 11.8 Å². The molecule has 0 aliphatic carbocycles. The van der Waals surface area contributed by atoms with E-state index >= 15 is 0 Å². The molecule has 0 amide bonds. The van der Waals surface area contributed by atoms with Crippen molar-refractivity contribution >= 4 is 5.95 Å². The first-order valence-electron chi connectivity index (χ1n) is 7.30. The Kier molecular flexibility index (Phi) is 5.97. The average Bonchev–Trinajstić information content (AvgIpc) is 2.47. The number of benzene rings is 1. The minimum absolute atomic E-state index is 0.554. The van der Waals surface area contributed by atoms with Crippen molar-refractivity contribution in [3.8, 4) is 11.6 Å². The highest BCUT2D eigenvalue weighted by Crippen LogP contribution is 2.20. The summed E-state index contributed by atoms with van der Waals surface area (Å²) in [5.41, 5.74) is 6.35. The maximum Gasteiger partial charge on any atom is 0.226 e. The number of ether oxygens (including phenoxy) is 1. The molecule has 0 saturated heterocycles. The molecular weight excluding hydrogens is 264 g/mol. The molecule has 21 heavy (non-hydrogen) atoms. The Hall–Kier alpha value is -2.14. The van der Waals surface area contributed by atoms with Gasteiger partial charge in [-0.1, -0.05) is 24.6 Å². The Bertz CT molecular complexity index is 545. The second-order valence-corrected chi connectivity index (χ2v) is 4.86. The lowest BCUT2D eigenvalue weighted by molar-refractivity contribution is 0.461. The predicted octanol–water partition coefficient (Wildman–Crippen LogP) is 3.12. The van der Waals surface area contributed by atoms with Crippen LogP contribution in [0.15, 0.2) is 36.4 Å². The number of nitrogens with one attached hydrogen (secondary N) is 1. The van der Waals surface area contributed by atoms with Crippen molar-refractivity contribution in [2.75, 3.05) is 18.4 Å². The molecule has 0 atom stereocenters. The fourth-order valence-corrected chi connectivity index (χ4v) is 1.93. The fraction of sp³-hybridized carbons (Fsp3) is 0.375. The summed E-state index contributed by atoms with van der Waals surface area (Å²) in [5.74, 6) is 1.93. The Labute approximate surface area is 125 Å². The highest BCUT2D eigenvalue weighted by Gasteiger charge is 2.04. The Balaban J connectivity index is 1.94. The summed E-state index contributed by atoms with van der Waals surface area (Å²) in [7, 11) is 0.